The Morgan fingerprint density at radius 3 is 3.00 bits per heavy atom. The summed E-state index contributed by atoms with van der Waals surface area (Å²) in [6.45, 7) is 5.96. The van der Waals surface area contributed by atoms with Crippen molar-refractivity contribution in [3.63, 3.8) is 0 Å². The lowest BCUT2D eigenvalue weighted by Gasteiger charge is -2.25. The zero-order valence-electron chi connectivity index (χ0n) is 15.9. The summed E-state index contributed by atoms with van der Waals surface area (Å²) < 4.78 is 29.0. The number of aromatic nitrogens is 3. The van der Waals surface area contributed by atoms with E-state index >= 15 is 0 Å². The van der Waals surface area contributed by atoms with Crippen molar-refractivity contribution in [3.05, 3.63) is 29.2 Å². The molecular formula is C16H26IN7O2S2. The van der Waals surface area contributed by atoms with Crippen LogP contribution in [0.2, 0.25) is 0 Å². The first kappa shape index (κ1) is 23.0. The zero-order valence-corrected chi connectivity index (χ0v) is 19.8. The SMILES string of the molecule is CCNC(=NCCNS(=O)(=O)c1cccs1)NC1CCc2nc(C)nn2C1.I. The Hall–Kier alpha value is -1.25. The number of halogens is 1. The Morgan fingerprint density at radius 2 is 2.29 bits per heavy atom. The number of thiophene rings is 1. The Bertz CT molecular complexity index is 881. The van der Waals surface area contributed by atoms with Crippen LogP contribution in [0.4, 0.5) is 0 Å². The third kappa shape index (κ3) is 6.12. The van der Waals surface area contributed by atoms with Crippen LogP contribution in [0.5, 0.6) is 0 Å². The van der Waals surface area contributed by atoms with Gasteiger partial charge in [0.2, 0.25) is 10.0 Å². The Labute approximate surface area is 186 Å². The van der Waals surface area contributed by atoms with E-state index in [9.17, 15) is 8.42 Å². The second-order valence-corrected chi connectivity index (χ2v) is 9.17. The fraction of sp³-hybridized carbons (Fsp3) is 0.562. The quantitative estimate of drug-likeness (QED) is 0.210. The largest absolute Gasteiger partial charge is 0.357 e. The number of sulfonamides is 1. The van der Waals surface area contributed by atoms with Crippen LogP contribution in [0.1, 0.15) is 25.0 Å². The monoisotopic (exact) mass is 539 g/mol. The van der Waals surface area contributed by atoms with Crippen molar-refractivity contribution >= 4 is 51.3 Å². The summed E-state index contributed by atoms with van der Waals surface area (Å²) in [5, 5.41) is 12.8. The summed E-state index contributed by atoms with van der Waals surface area (Å²) in [6.07, 6.45) is 1.83. The molecule has 12 heteroatoms. The summed E-state index contributed by atoms with van der Waals surface area (Å²) >= 11 is 1.20. The van der Waals surface area contributed by atoms with Gasteiger partial charge in [0.25, 0.3) is 0 Å². The Balaban J connectivity index is 0.00000280. The van der Waals surface area contributed by atoms with Crippen molar-refractivity contribution in [2.45, 2.75) is 43.5 Å². The maximum atomic E-state index is 12.1. The van der Waals surface area contributed by atoms with Crippen LogP contribution in [0.3, 0.4) is 0 Å². The average Bonchev–Trinajstić information content (AvgIpc) is 3.27. The fourth-order valence-corrected chi connectivity index (χ4v) is 4.96. The number of guanidine groups is 1. The number of aliphatic imine (C=N–C) groups is 1. The number of aryl methyl sites for hydroxylation is 2. The summed E-state index contributed by atoms with van der Waals surface area (Å²) in [4.78, 5) is 8.90. The molecule has 0 radical (unpaired) electrons. The van der Waals surface area contributed by atoms with Crippen LogP contribution in [0, 0.1) is 6.92 Å². The number of nitrogens with one attached hydrogen (secondary N) is 3. The summed E-state index contributed by atoms with van der Waals surface area (Å²) in [7, 11) is -3.45. The molecule has 1 aliphatic rings. The lowest BCUT2D eigenvalue weighted by Crippen LogP contribution is -2.47. The van der Waals surface area contributed by atoms with E-state index in [0.717, 1.165) is 37.6 Å². The second-order valence-electron chi connectivity index (χ2n) is 6.23. The molecule has 0 aliphatic carbocycles. The Kier molecular flexibility index (Phi) is 8.64. The fourth-order valence-electron chi connectivity index (χ4n) is 2.90. The predicted octanol–water partition coefficient (Wildman–Crippen LogP) is 1.11. The van der Waals surface area contributed by atoms with Crippen LogP contribution >= 0.6 is 35.3 Å². The van der Waals surface area contributed by atoms with E-state index in [2.05, 4.69) is 30.4 Å². The predicted molar refractivity (Wildman–Crippen MR) is 121 cm³/mol. The lowest BCUT2D eigenvalue weighted by molar-refractivity contribution is 0.392. The lowest BCUT2D eigenvalue weighted by atomic mass is 10.1. The van der Waals surface area contributed by atoms with Crippen LogP contribution < -0.4 is 15.4 Å². The van der Waals surface area contributed by atoms with E-state index < -0.39 is 10.0 Å². The van der Waals surface area contributed by atoms with Gasteiger partial charge in [-0.2, -0.15) is 5.10 Å². The highest BCUT2D eigenvalue weighted by molar-refractivity contribution is 14.0. The molecule has 0 spiro atoms. The highest BCUT2D eigenvalue weighted by Gasteiger charge is 2.21. The maximum Gasteiger partial charge on any atom is 0.250 e. The van der Waals surface area contributed by atoms with E-state index in [1.165, 1.54) is 11.3 Å². The first-order chi connectivity index (χ1) is 13.0. The standard InChI is InChI=1S/C16H25N7O2S2.HI/c1-3-17-16(18-8-9-19-27(24,25)15-5-4-10-26-15)21-13-6-7-14-20-12(2)22-23(14)11-13;/h4-5,10,13,19H,3,6-9,11H2,1-2H3,(H2,17,18,21);1H. The van der Waals surface area contributed by atoms with Crippen LogP contribution in [-0.2, 0) is 23.0 Å². The first-order valence-corrected chi connectivity index (χ1v) is 11.3. The number of nitrogens with zero attached hydrogens (tertiary/aromatic N) is 4. The smallest absolute Gasteiger partial charge is 0.250 e. The van der Waals surface area contributed by atoms with Gasteiger partial charge < -0.3 is 10.6 Å². The molecule has 28 heavy (non-hydrogen) atoms. The van der Waals surface area contributed by atoms with E-state index in [1.54, 1.807) is 17.5 Å². The van der Waals surface area contributed by atoms with Crippen LogP contribution in [0.25, 0.3) is 0 Å². The molecule has 0 amide bonds. The number of hydrogen-bond donors (Lipinski definition) is 3. The summed E-state index contributed by atoms with van der Waals surface area (Å²) in [6, 6.07) is 3.52. The summed E-state index contributed by atoms with van der Waals surface area (Å²) in [5.41, 5.74) is 0. The van der Waals surface area contributed by atoms with Gasteiger partial charge in [0, 0.05) is 25.6 Å². The van der Waals surface area contributed by atoms with Crippen molar-refractivity contribution in [1.82, 2.24) is 30.1 Å². The van der Waals surface area contributed by atoms with Crippen molar-refractivity contribution in [1.29, 1.82) is 0 Å². The van der Waals surface area contributed by atoms with Crippen molar-refractivity contribution in [2.24, 2.45) is 4.99 Å². The molecule has 0 fully saturated rings. The van der Waals surface area contributed by atoms with Gasteiger partial charge in [-0.25, -0.2) is 22.8 Å². The molecule has 2 aromatic heterocycles. The first-order valence-electron chi connectivity index (χ1n) is 8.96. The molecule has 0 aromatic carbocycles. The van der Waals surface area contributed by atoms with Gasteiger partial charge in [-0.05, 0) is 31.7 Å². The number of hydrogen-bond acceptors (Lipinski definition) is 6. The molecule has 3 heterocycles. The molecule has 9 nitrogen and oxygen atoms in total. The van der Waals surface area contributed by atoms with Crippen LogP contribution in [-0.4, -0.2) is 54.8 Å². The van der Waals surface area contributed by atoms with Gasteiger partial charge in [-0.15, -0.1) is 35.3 Å². The van der Waals surface area contributed by atoms with Gasteiger partial charge in [-0.1, -0.05) is 6.07 Å². The maximum absolute atomic E-state index is 12.1. The molecule has 0 bridgehead atoms. The van der Waals surface area contributed by atoms with Gasteiger partial charge in [0.05, 0.1) is 13.1 Å². The van der Waals surface area contributed by atoms with Crippen molar-refractivity contribution < 1.29 is 8.42 Å². The molecule has 0 saturated heterocycles. The average molecular weight is 539 g/mol. The van der Waals surface area contributed by atoms with Gasteiger partial charge >= 0.3 is 0 Å². The zero-order chi connectivity index (χ0) is 19.3. The van der Waals surface area contributed by atoms with E-state index in [-0.39, 0.29) is 36.6 Å². The van der Waals surface area contributed by atoms with Gasteiger partial charge in [0.15, 0.2) is 5.96 Å². The third-order valence-electron chi connectivity index (χ3n) is 4.08. The molecule has 1 atom stereocenters. The molecule has 1 unspecified atom stereocenters. The van der Waals surface area contributed by atoms with Crippen molar-refractivity contribution in [3.8, 4) is 0 Å². The number of rotatable bonds is 7. The summed E-state index contributed by atoms with van der Waals surface area (Å²) in [5.74, 6) is 2.50. The molecule has 156 valence electrons. The molecule has 3 N–H and O–H groups in total. The molecule has 3 rings (SSSR count). The molecule has 2 aromatic rings. The third-order valence-corrected chi connectivity index (χ3v) is 6.94. The van der Waals surface area contributed by atoms with Gasteiger partial charge in [-0.3, -0.25) is 4.99 Å². The van der Waals surface area contributed by atoms with E-state index in [0.29, 0.717) is 16.7 Å². The second kappa shape index (κ2) is 10.5. The highest BCUT2D eigenvalue weighted by atomic mass is 127. The topological polar surface area (TPSA) is 113 Å². The van der Waals surface area contributed by atoms with Gasteiger partial charge in [0.1, 0.15) is 15.9 Å². The van der Waals surface area contributed by atoms with Crippen molar-refractivity contribution in [2.75, 3.05) is 19.6 Å². The minimum atomic E-state index is -3.45. The Morgan fingerprint density at radius 1 is 1.46 bits per heavy atom. The van der Waals surface area contributed by atoms with Crippen LogP contribution in [0.15, 0.2) is 26.7 Å². The minimum absolute atomic E-state index is 0. The van der Waals surface area contributed by atoms with E-state index in [1.807, 2.05) is 18.5 Å². The molecular weight excluding hydrogens is 513 g/mol. The molecule has 0 saturated carbocycles. The van der Waals surface area contributed by atoms with E-state index in [4.69, 9.17) is 0 Å². The minimum Gasteiger partial charge on any atom is -0.357 e. The normalized spacial score (nSPS) is 16.9. The molecule has 1 aliphatic heterocycles. The number of fused-ring (bicyclic) bond motifs is 1. The highest BCUT2D eigenvalue weighted by Crippen LogP contribution is 2.15.